The number of imidazole rings is 1. The molecular weight excluding hydrogens is 382 g/mol. The van der Waals surface area contributed by atoms with Crippen LogP contribution >= 0.6 is 34.2 Å². The molecule has 6 heteroatoms. The molecule has 3 rings (SSSR count). The van der Waals surface area contributed by atoms with E-state index in [9.17, 15) is 4.39 Å². The predicted octanol–water partition coefficient (Wildman–Crippen LogP) is 3.87. The zero-order valence-electron chi connectivity index (χ0n) is 10.4. The van der Waals surface area contributed by atoms with Crippen LogP contribution in [0.5, 0.6) is 0 Å². The second-order valence-electron chi connectivity index (χ2n) is 4.72. The summed E-state index contributed by atoms with van der Waals surface area (Å²) in [5, 5.41) is 0. The maximum Gasteiger partial charge on any atom is 0.138 e. The molecule has 1 aliphatic heterocycles. The van der Waals surface area contributed by atoms with Gasteiger partial charge in [0.15, 0.2) is 0 Å². The van der Waals surface area contributed by atoms with Gasteiger partial charge in [-0.1, -0.05) is 0 Å². The Bertz CT molecular complexity index is 631. The van der Waals surface area contributed by atoms with E-state index in [-0.39, 0.29) is 18.0 Å². The van der Waals surface area contributed by atoms with Crippen LogP contribution in [0.4, 0.5) is 4.39 Å². The number of hydrogen-bond donors (Lipinski definition) is 0. The van der Waals surface area contributed by atoms with Gasteiger partial charge in [0.05, 0.1) is 32.6 Å². The van der Waals surface area contributed by atoms with Crippen molar-refractivity contribution in [3.05, 3.63) is 27.3 Å². The molecule has 0 spiro atoms. The molecular formula is C13H13ClFIN2O. The van der Waals surface area contributed by atoms with Crippen LogP contribution < -0.4 is 0 Å². The highest BCUT2D eigenvalue weighted by atomic mass is 127. The number of fused-ring (bicyclic) bond motifs is 1. The average Bonchev–Trinajstić information content (AvgIpc) is 2.93. The fourth-order valence-electron chi connectivity index (χ4n) is 2.66. The number of ether oxygens (including phenoxy) is 1. The van der Waals surface area contributed by atoms with Gasteiger partial charge in [0.25, 0.3) is 0 Å². The van der Waals surface area contributed by atoms with Gasteiger partial charge in [-0.25, -0.2) is 9.37 Å². The number of nitrogens with zero attached hydrogens (tertiary/aromatic N) is 2. The molecule has 0 saturated carbocycles. The van der Waals surface area contributed by atoms with E-state index in [0.717, 1.165) is 29.9 Å². The Balaban J connectivity index is 2.23. The molecule has 1 aromatic carbocycles. The molecule has 1 aromatic heterocycles. The average molecular weight is 395 g/mol. The van der Waals surface area contributed by atoms with Crippen LogP contribution in [0, 0.1) is 9.39 Å². The predicted molar refractivity (Wildman–Crippen MR) is 81.0 cm³/mol. The molecule has 1 aliphatic rings. The summed E-state index contributed by atoms with van der Waals surface area (Å²) >= 11 is 7.97. The lowest BCUT2D eigenvalue weighted by Gasteiger charge is -2.19. The minimum absolute atomic E-state index is 0.0988. The third-order valence-corrected chi connectivity index (χ3v) is 4.66. The first-order valence-electron chi connectivity index (χ1n) is 6.15. The molecule has 0 N–H and O–H groups in total. The van der Waals surface area contributed by atoms with Crippen LogP contribution in [-0.4, -0.2) is 22.3 Å². The van der Waals surface area contributed by atoms with Gasteiger partial charge in [0.2, 0.25) is 0 Å². The van der Waals surface area contributed by atoms with Crippen LogP contribution in [0.1, 0.15) is 25.2 Å². The number of hydrogen-bond acceptors (Lipinski definition) is 2. The van der Waals surface area contributed by atoms with Gasteiger partial charge in [-0.15, -0.1) is 11.6 Å². The van der Waals surface area contributed by atoms with E-state index >= 15 is 0 Å². The summed E-state index contributed by atoms with van der Waals surface area (Å²) in [6, 6.07) is 3.49. The van der Waals surface area contributed by atoms with E-state index < -0.39 is 0 Å². The molecule has 0 aliphatic carbocycles. The first kappa shape index (κ1) is 13.6. The first-order valence-corrected chi connectivity index (χ1v) is 7.76. The maximum atomic E-state index is 13.8. The number of rotatable bonds is 2. The van der Waals surface area contributed by atoms with Gasteiger partial charge in [0, 0.05) is 12.7 Å². The van der Waals surface area contributed by atoms with E-state index in [4.69, 9.17) is 16.3 Å². The normalized spacial score (nSPS) is 23.4. The summed E-state index contributed by atoms with van der Waals surface area (Å²) in [7, 11) is 0. The number of aromatic nitrogens is 2. The summed E-state index contributed by atoms with van der Waals surface area (Å²) in [4.78, 5) is 4.52. The lowest BCUT2D eigenvalue weighted by molar-refractivity contribution is 0.108. The molecule has 0 amide bonds. The van der Waals surface area contributed by atoms with Crippen LogP contribution in [0.3, 0.4) is 0 Å². The molecule has 19 heavy (non-hydrogen) atoms. The minimum Gasteiger partial charge on any atom is -0.376 e. The van der Waals surface area contributed by atoms with E-state index in [0.29, 0.717) is 9.45 Å². The quantitative estimate of drug-likeness (QED) is 0.571. The third-order valence-electron chi connectivity index (χ3n) is 3.59. The van der Waals surface area contributed by atoms with Crippen molar-refractivity contribution in [1.29, 1.82) is 0 Å². The summed E-state index contributed by atoms with van der Waals surface area (Å²) < 4.78 is 22.0. The highest BCUT2D eigenvalue weighted by Gasteiger charge is 2.29. The molecule has 2 heterocycles. The Hall–Kier alpha value is -0.400. The Morgan fingerprint density at radius 2 is 2.37 bits per heavy atom. The summed E-state index contributed by atoms with van der Waals surface area (Å²) in [6.45, 7) is 2.75. The van der Waals surface area contributed by atoms with Gasteiger partial charge in [-0.2, -0.15) is 0 Å². The Labute approximate surface area is 129 Å². The second-order valence-corrected chi connectivity index (χ2v) is 6.15. The number of alkyl halides is 1. The fraction of sp³-hybridized carbons (Fsp3) is 0.462. The van der Waals surface area contributed by atoms with Crippen molar-refractivity contribution in [2.24, 2.45) is 0 Å². The third kappa shape index (κ3) is 2.25. The lowest BCUT2D eigenvalue weighted by atomic mass is 10.1. The first-order chi connectivity index (χ1) is 9.11. The van der Waals surface area contributed by atoms with Gasteiger partial charge in [-0.05, 0) is 42.0 Å². The lowest BCUT2D eigenvalue weighted by Crippen LogP contribution is -2.18. The van der Waals surface area contributed by atoms with Gasteiger partial charge >= 0.3 is 0 Å². The molecule has 2 unspecified atom stereocenters. The van der Waals surface area contributed by atoms with Crippen LogP contribution in [0.15, 0.2) is 12.1 Å². The van der Waals surface area contributed by atoms with E-state index in [1.807, 2.05) is 34.1 Å². The fourth-order valence-corrected chi connectivity index (χ4v) is 3.30. The Morgan fingerprint density at radius 1 is 1.58 bits per heavy atom. The Kier molecular flexibility index (Phi) is 3.70. The molecule has 2 aromatic rings. The van der Waals surface area contributed by atoms with Crippen LogP contribution in [0.2, 0.25) is 0 Å². The molecule has 0 radical (unpaired) electrons. The van der Waals surface area contributed by atoms with E-state index in [1.54, 1.807) is 12.1 Å². The van der Waals surface area contributed by atoms with Crippen molar-refractivity contribution < 1.29 is 9.13 Å². The zero-order valence-corrected chi connectivity index (χ0v) is 13.3. The van der Waals surface area contributed by atoms with Crippen molar-refractivity contribution in [3.63, 3.8) is 0 Å². The molecule has 2 atom stereocenters. The standard InChI is InChI=1S/C13H13ClFIN2O/c1-7-11(2-3-19-7)18-12-4-8(15)9(16)5-10(12)17-13(18)6-14/h4-5,7,11H,2-3,6H2,1H3. The molecule has 102 valence electrons. The van der Waals surface area contributed by atoms with Crippen LogP contribution in [-0.2, 0) is 10.6 Å². The molecule has 1 fully saturated rings. The molecule has 3 nitrogen and oxygen atoms in total. The number of benzene rings is 1. The van der Waals surface area contributed by atoms with Crippen molar-refractivity contribution in [2.75, 3.05) is 6.61 Å². The van der Waals surface area contributed by atoms with Gasteiger partial charge in [-0.3, -0.25) is 0 Å². The summed E-state index contributed by atoms with van der Waals surface area (Å²) in [6.07, 6.45) is 1.01. The van der Waals surface area contributed by atoms with E-state index in [1.165, 1.54) is 0 Å². The van der Waals surface area contributed by atoms with E-state index in [2.05, 4.69) is 4.98 Å². The van der Waals surface area contributed by atoms with Crippen molar-refractivity contribution in [1.82, 2.24) is 9.55 Å². The van der Waals surface area contributed by atoms with Gasteiger partial charge < -0.3 is 9.30 Å². The van der Waals surface area contributed by atoms with Crippen molar-refractivity contribution in [3.8, 4) is 0 Å². The van der Waals surface area contributed by atoms with Crippen LogP contribution in [0.25, 0.3) is 11.0 Å². The minimum atomic E-state index is -0.220. The maximum absolute atomic E-state index is 13.8. The highest BCUT2D eigenvalue weighted by Crippen LogP contribution is 2.32. The van der Waals surface area contributed by atoms with Crippen molar-refractivity contribution >= 4 is 45.2 Å². The molecule has 1 saturated heterocycles. The van der Waals surface area contributed by atoms with Crippen molar-refractivity contribution in [2.45, 2.75) is 31.4 Å². The summed E-state index contributed by atoms with van der Waals surface area (Å²) in [5.41, 5.74) is 1.59. The second kappa shape index (κ2) is 5.18. The highest BCUT2D eigenvalue weighted by molar-refractivity contribution is 14.1. The van der Waals surface area contributed by atoms with Gasteiger partial charge in [0.1, 0.15) is 11.6 Å². The molecule has 0 bridgehead atoms. The largest absolute Gasteiger partial charge is 0.376 e. The Morgan fingerprint density at radius 3 is 3.00 bits per heavy atom. The number of halogens is 3. The summed E-state index contributed by atoms with van der Waals surface area (Å²) in [5.74, 6) is 0.873. The monoisotopic (exact) mass is 394 g/mol. The smallest absolute Gasteiger partial charge is 0.138 e. The SMILES string of the molecule is CC1OCCC1n1c(CCl)nc2cc(I)c(F)cc21. The zero-order chi connectivity index (χ0) is 13.6. The topological polar surface area (TPSA) is 27.1 Å².